The summed E-state index contributed by atoms with van der Waals surface area (Å²) in [4.78, 5) is 0. The molecule has 0 aromatic rings. The second-order valence-corrected chi connectivity index (χ2v) is 6.73. The molecule has 1 atom stereocenters. The molecule has 1 aliphatic rings. The van der Waals surface area contributed by atoms with E-state index in [1.54, 1.807) is 0 Å². The fourth-order valence-electron chi connectivity index (χ4n) is 2.71. The maximum atomic E-state index is 10.5. The summed E-state index contributed by atoms with van der Waals surface area (Å²) in [6, 6.07) is 0. The minimum atomic E-state index is -0.357. The minimum Gasteiger partial charge on any atom is -0.388 e. The van der Waals surface area contributed by atoms with Crippen molar-refractivity contribution in [2.75, 3.05) is 0 Å². The molecule has 1 aliphatic carbocycles. The van der Waals surface area contributed by atoms with E-state index in [9.17, 15) is 5.11 Å². The molecule has 0 bridgehead atoms. The summed E-state index contributed by atoms with van der Waals surface area (Å²) in [5.74, 6) is 0.381. The highest BCUT2D eigenvalue weighted by molar-refractivity contribution is 5.23. The predicted molar refractivity (Wildman–Crippen MR) is 93.3 cm³/mol. The first-order chi connectivity index (χ1) is 9.90. The summed E-state index contributed by atoms with van der Waals surface area (Å²) in [5.41, 5.74) is 5.29. The quantitative estimate of drug-likeness (QED) is 0.611. The molecule has 1 heteroatoms. The summed E-state index contributed by atoms with van der Waals surface area (Å²) in [6.45, 7) is 10.9. The van der Waals surface area contributed by atoms with Crippen LogP contribution in [0.15, 0.2) is 46.6 Å². The number of allylic oxidation sites excluding steroid dienone is 6. The van der Waals surface area contributed by atoms with Crippen LogP contribution in [-0.4, -0.2) is 11.2 Å². The molecule has 0 aromatic heterocycles. The molecule has 1 nitrogen and oxygen atoms in total. The fourth-order valence-corrected chi connectivity index (χ4v) is 2.71. The van der Waals surface area contributed by atoms with Crippen LogP contribution in [0.2, 0.25) is 0 Å². The first-order valence-electron chi connectivity index (χ1n) is 8.26. The summed E-state index contributed by atoms with van der Waals surface area (Å²) in [6.07, 6.45) is 13.8. The molecule has 0 amide bonds. The molecule has 1 N–H and O–H groups in total. The van der Waals surface area contributed by atoms with E-state index in [0.717, 1.165) is 37.7 Å². The van der Waals surface area contributed by atoms with Gasteiger partial charge in [0, 0.05) is 0 Å². The Kier molecular flexibility index (Phi) is 7.74. The standard InChI is InChI=1S/C20H32O/c1-15(2)19-13-12-17(4)10-6-8-16(3)9-7-11-18(5)14-20(19)21/h8,11-13,15,20-21H,6-7,9-10,14H2,1-5H3/b16-8-,17-12-,18-11-,19-13+/t20-/m0/s1. The topological polar surface area (TPSA) is 20.2 Å². The van der Waals surface area contributed by atoms with Crippen LogP contribution in [0.5, 0.6) is 0 Å². The van der Waals surface area contributed by atoms with Crippen molar-refractivity contribution in [1.29, 1.82) is 0 Å². The third kappa shape index (κ3) is 6.95. The van der Waals surface area contributed by atoms with Crippen LogP contribution in [-0.2, 0) is 0 Å². The molecule has 0 spiro atoms. The van der Waals surface area contributed by atoms with Crippen molar-refractivity contribution in [3.05, 3.63) is 46.6 Å². The zero-order valence-electron chi connectivity index (χ0n) is 14.4. The van der Waals surface area contributed by atoms with Crippen LogP contribution in [0.25, 0.3) is 0 Å². The van der Waals surface area contributed by atoms with Crippen LogP contribution < -0.4 is 0 Å². The Bertz CT molecular complexity index is 446. The van der Waals surface area contributed by atoms with Gasteiger partial charge in [0.05, 0.1) is 6.10 Å². The fraction of sp³-hybridized carbons (Fsp3) is 0.600. The van der Waals surface area contributed by atoms with Gasteiger partial charge in [-0.15, -0.1) is 0 Å². The third-order valence-electron chi connectivity index (χ3n) is 4.19. The molecule has 0 heterocycles. The molecule has 0 aliphatic heterocycles. The molecule has 0 fully saturated rings. The first kappa shape index (κ1) is 18.0. The molecular formula is C20H32O. The lowest BCUT2D eigenvalue weighted by molar-refractivity contribution is 0.200. The van der Waals surface area contributed by atoms with E-state index in [0.29, 0.717) is 5.92 Å². The van der Waals surface area contributed by atoms with Crippen molar-refractivity contribution in [1.82, 2.24) is 0 Å². The van der Waals surface area contributed by atoms with Crippen LogP contribution in [0.3, 0.4) is 0 Å². The Balaban J connectivity index is 3.00. The molecule has 0 radical (unpaired) electrons. The average Bonchev–Trinajstić information content (AvgIpc) is 2.37. The predicted octanol–water partition coefficient (Wildman–Crippen LogP) is 5.73. The minimum absolute atomic E-state index is 0.357. The monoisotopic (exact) mass is 288 g/mol. The smallest absolute Gasteiger partial charge is 0.0792 e. The maximum Gasteiger partial charge on any atom is 0.0792 e. The molecular weight excluding hydrogens is 256 g/mol. The van der Waals surface area contributed by atoms with Gasteiger partial charge in [-0.05, 0) is 64.4 Å². The molecule has 21 heavy (non-hydrogen) atoms. The molecule has 0 saturated carbocycles. The van der Waals surface area contributed by atoms with E-state index in [4.69, 9.17) is 0 Å². The van der Waals surface area contributed by atoms with Crippen LogP contribution >= 0.6 is 0 Å². The van der Waals surface area contributed by atoms with Gasteiger partial charge < -0.3 is 5.11 Å². The zero-order chi connectivity index (χ0) is 15.8. The molecule has 118 valence electrons. The lowest BCUT2D eigenvalue weighted by Gasteiger charge is -2.19. The second-order valence-electron chi connectivity index (χ2n) is 6.73. The zero-order valence-corrected chi connectivity index (χ0v) is 14.4. The van der Waals surface area contributed by atoms with E-state index >= 15 is 0 Å². The summed E-state index contributed by atoms with van der Waals surface area (Å²) >= 11 is 0. The molecule has 0 saturated heterocycles. The van der Waals surface area contributed by atoms with E-state index < -0.39 is 0 Å². The first-order valence-corrected chi connectivity index (χ1v) is 8.26. The number of aliphatic hydroxyl groups excluding tert-OH is 1. The second kappa shape index (κ2) is 9.04. The van der Waals surface area contributed by atoms with E-state index in [1.807, 2.05) is 0 Å². The number of hydrogen-bond donors (Lipinski definition) is 1. The highest BCUT2D eigenvalue weighted by Gasteiger charge is 2.14. The van der Waals surface area contributed by atoms with E-state index in [-0.39, 0.29) is 6.10 Å². The van der Waals surface area contributed by atoms with Gasteiger partial charge in [0.15, 0.2) is 0 Å². The molecule has 0 aromatic carbocycles. The van der Waals surface area contributed by atoms with Gasteiger partial charge >= 0.3 is 0 Å². The van der Waals surface area contributed by atoms with Gasteiger partial charge in [-0.2, -0.15) is 0 Å². The van der Waals surface area contributed by atoms with Gasteiger partial charge in [0.1, 0.15) is 0 Å². The Morgan fingerprint density at radius 2 is 1.48 bits per heavy atom. The highest BCUT2D eigenvalue weighted by Crippen LogP contribution is 2.22. The van der Waals surface area contributed by atoms with Gasteiger partial charge in [0.2, 0.25) is 0 Å². The third-order valence-corrected chi connectivity index (χ3v) is 4.19. The van der Waals surface area contributed by atoms with Crippen molar-refractivity contribution in [3.8, 4) is 0 Å². The Morgan fingerprint density at radius 1 is 0.905 bits per heavy atom. The molecule has 0 unspecified atom stereocenters. The van der Waals surface area contributed by atoms with Gasteiger partial charge in [0.25, 0.3) is 0 Å². The van der Waals surface area contributed by atoms with Crippen molar-refractivity contribution in [2.24, 2.45) is 5.92 Å². The molecule has 1 rings (SSSR count). The summed E-state index contributed by atoms with van der Waals surface area (Å²) in [5, 5.41) is 10.5. The normalized spacial score (nSPS) is 32.8. The lowest BCUT2D eigenvalue weighted by Crippen LogP contribution is -2.15. The van der Waals surface area contributed by atoms with Crippen molar-refractivity contribution >= 4 is 0 Å². The SMILES string of the molecule is C/C1=C/C=C(\C(C)C)[C@@H](O)C/C(C)=C\CC/C(C)=C\CC1. The number of hydrogen-bond acceptors (Lipinski definition) is 1. The summed E-state index contributed by atoms with van der Waals surface area (Å²) < 4.78 is 0. The largest absolute Gasteiger partial charge is 0.388 e. The number of aliphatic hydroxyl groups is 1. The van der Waals surface area contributed by atoms with Gasteiger partial charge in [-0.3, -0.25) is 0 Å². The van der Waals surface area contributed by atoms with Crippen LogP contribution in [0.1, 0.15) is 66.7 Å². The van der Waals surface area contributed by atoms with Crippen molar-refractivity contribution < 1.29 is 5.11 Å². The van der Waals surface area contributed by atoms with E-state index in [2.05, 4.69) is 58.9 Å². The highest BCUT2D eigenvalue weighted by atomic mass is 16.3. The Hall–Kier alpha value is -1.08. The Labute approximate surface area is 131 Å². The van der Waals surface area contributed by atoms with Crippen LogP contribution in [0.4, 0.5) is 0 Å². The van der Waals surface area contributed by atoms with Crippen LogP contribution in [0, 0.1) is 5.92 Å². The summed E-state index contributed by atoms with van der Waals surface area (Å²) in [7, 11) is 0. The van der Waals surface area contributed by atoms with E-state index in [1.165, 1.54) is 16.7 Å². The Morgan fingerprint density at radius 3 is 2.10 bits per heavy atom. The van der Waals surface area contributed by atoms with Crippen molar-refractivity contribution in [2.45, 2.75) is 72.8 Å². The maximum absolute atomic E-state index is 10.5. The number of rotatable bonds is 1. The van der Waals surface area contributed by atoms with Gasteiger partial charge in [-0.25, -0.2) is 0 Å². The lowest BCUT2D eigenvalue weighted by atomic mass is 9.92. The van der Waals surface area contributed by atoms with Crippen molar-refractivity contribution in [3.63, 3.8) is 0 Å². The van der Waals surface area contributed by atoms with Gasteiger partial charge in [-0.1, -0.05) is 54.9 Å². The average molecular weight is 288 g/mol.